The molecule has 0 amide bonds. The lowest BCUT2D eigenvalue weighted by atomic mass is 10.0. The van der Waals surface area contributed by atoms with Gasteiger partial charge in [-0.3, -0.25) is 0 Å². The first-order valence-electron chi connectivity index (χ1n) is 6.95. The first-order chi connectivity index (χ1) is 9.19. The number of hydrogen-bond acceptors (Lipinski definition) is 2. The minimum absolute atomic E-state index is 0.296. The van der Waals surface area contributed by atoms with E-state index in [1.165, 1.54) is 12.0 Å². The summed E-state index contributed by atoms with van der Waals surface area (Å²) in [6, 6.07) is 6.10. The van der Waals surface area contributed by atoms with Crippen molar-refractivity contribution in [3.05, 3.63) is 33.8 Å². The molecular weight excluding hydrogens is 281 g/mol. The number of unbranched alkanes of at least 4 members (excludes halogenated alkanes) is 1. The second-order valence-electron chi connectivity index (χ2n) is 4.55. The highest BCUT2D eigenvalue weighted by Crippen LogP contribution is 2.26. The lowest BCUT2D eigenvalue weighted by Crippen LogP contribution is -2.25. The number of nitrogens with one attached hydrogen (secondary N) is 1. The number of hydrogen-bond donors (Lipinski definition) is 1. The van der Waals surface area contributed by atoms with E-state index in [0.717, 1.165) is 32.6 Å². The second-order valence-corrected chi connectivity index (χ2v) is 5.37. The van der Waals surface area contributed by atoms with Crippen LogP contribution < -0.4 is 5.32 Å². The predicted molar refractivity (Wildman–Crippen MR) is 83.2 cm³/mol. The Morgan fingerprint density at radius 3 is 2.58 bits per heavy atom. The third kappa shape index (κ3) is 6.13. The fourth-order valence-electron chi connectivity index (χ4n) is 1.88. The van der Waals surface area contributed by atoms with Gasteiger partial charge in [0, 0.05) is 19.2 Å². The lowest BCUT2D eigenvalue weighted by molar-refractivity contribution is 0.130. The topological polar surface area (TPSA) is 21.3 Å². The van der Waals surface area contributed by atoms with Crippen LogP contribution in [-0.2, 0) is 4.74 Å². The molecule has 4 heteroatoms. The normalized spacial score (nSPS) is 12.6. The molecule has 1 unspecified atom stereocenters. The first kappa shape index (κ1) is 16.8. The quantitative estimate of drug-likeness (QED) is 0.658. The van der Waals surface area contributed by atoms with Gasteiger partial charge in [0.15, 0.2) is 0 Å². The zero-order valence-electron chi connectivity index (χ0n) is 11.7. The molecule has 0 aliphatic heterocycles. The molecule has 0 aliphatic rings. The third-order valence-electron chi connectivity index (χ3n) is 3.03. The number of halogens is 2. The summed E-state index contributed by atoms with van der Waals surface area (Å²) in [5.41, 5.74) is 1.17. The van der Waals surface area contributed by atoms with Gasteiger partial charge in [-0.2, -0.15) is 0 Å². The average Bonchev–Trinajstić information content (AvgIpc) is 2.41. The van der Waals surface area contributed by atoms with Crippen molar-refractivity contribution in [1.29, 1.82) is 0 Å². The predicted octanol–water partition coefficient (Wildman–Crippen LogP) is 4.85. The van der Waals surface area contributed by atoms with E-state index >= 15 is 0 Å². The number of benzene rings is 1. The molecule has 1 N–H and O–H groups in total. The van der Waals surface area contributed by atoms with Gasteiger partial charge < -0.3 is 10.1 Å². The molecule has 1 aromatic rings. The van der Waals surface area contributed by atoms with E-state index in [4.69, 9.17) is 27.9 Å². The van der Waals surface area contributed by atoms with Crippen molar-refractivity contribution < 1.29 is 4.74 Å². The summed E-state index contributed by atoms with van der Waals surface area (Å²) < 4.78 is 5.54. The van der Waals surface area contributed by atoms with Gasteiger partial charge in [0.25, 0.3) is 0 Å². The highest BCUT2D eigenvalue weighted by atomic mass is 35.5. The monoisotopic (exact) mass is 303 g/mol. The Balaban J connectivity index is 2.38. The Morgan fingerprint density at radius 2 is 1.95 bits per heavy atom. The largest absolute Gasteiger partial charge is 0.380 e. The van der Waals surface area contributed by atoms with Crippen LogP contribution in [0.3, 0.4) is 0 Å². The van der Waals surface area contributed by atoms with Crippen molar-refractivity contribution in [2.24, 2.45) is 0 Å². The van der Waals surface area contributed by atoms with Crippen molar-refractivity contribution in [3.63, 3.8) is 0 Å². The summed E-state index contributed by atoms with van der Waals surface area (Å²) in [6.45, 7) is 6.76. The van der Waals surface area contributed by atoms with E-state index in [0.29, 0.717) is 16.1 Å². The van der Waals surface area contributed by atoms with Crippen LogP contribution in [0.1, 0.15) is 44.7 Å². The van der Waals surface area contributed by atoms with Crippen LogP contribution in [0.25, 0.3) is 0 Å². The minimum Gasteiger partial charge on any atom is -0.380 e. The van der Waals surface area contributed by atoms with Gasteiger partial charge in [-0.05, 0) is 30.5 Å². The van der Waals surface area contributed by atoms with Gasteiger partial charge in [-0.15, -0.1) is 0 Å². The standard InChI is InChI=1S/C15H23Cl2NO/c1-3-5-9-19-10-8-18-15(4-2)12-6-7-13(16)14(17)11-12/h6-7,11,15,18H,3-5,8-10H2,1-2H3. The Bertz CT molecular complexity index is 371. The molecule has 1 aromatic carbocycles. The highest BCUT2D eigenvalue weighted by molar-refractivity contribution is 6.42. The number of ether oxygens (including phenoxy) is 1. The molecule has 1 atom stereocenters. The first-order valence-corrected chi connectivity index (χ1v) is 7.70. The minimum atomic E-state index is 0.296. The molecule has 0 saturated carbocycles. The van der Waals surface area contributed by atoms with Crippen LogP contribution in [0.4, 0.5) is 0 Å². The molecule has 0 aliphatic carbocycles. The zero-order valence-corrected chi connectivity index (χ0v) is 13.2. The molecular formula is C15H23Cl2NO. The smallest absolute Gasteiger partial charge is 0.0595 e. The maximum atomic E-state index is 6.05. The van der Waals surface area contributed by atoms with E-state index in [-0.39, 0.29) is 0 Å². The Kier molecular flexibility index (Phi) is 8.47. The van der Waals surface area contributed by atoms with Gasteiger partial charge in [-0.1, -0.05) is 49.5 Å². The molecule has 0 aromatic heterocycles. The van der Waals surface area contributed by atoms with Crippen molar-refractivity contribution in [2.45, 2.75) is 39.2 Å². The van der Waals surface area contributed by atoms with Crippen molar-refractivity contribution in [2.75, 3.05) is 19.8 Å². The maximum absolute atomic E-state index is 6.05. The van der Waals surface area contributed by atoms with Crippen molar-refractivity contribution in [1.82, 2.24) is 5.32 Å². The van der Waals surface area contributed by atoms with Crippen LogP contribution in [0.5, 0.6) is 0 Å². The Morgan fingerprint density at radius 1 is 1.16 bits per heavy atom. The van der Waals surface area contributed by atoms with Crippen LogP contribution in [0.2, 0.25) is 10.0 Å². The van der Waals surface area contributed by atoms with E-state index in [1.807, 2.05) is 18.2 Å². The zero-order chi connectivity index (χ0) is 14.1. The summed E-state index contributed by atoms with van der Waals surface area (Å²) in [7, 11) is 0. The Hall–Kier alpha value is -0.280. The van der Waals surface area contributed by atoms with Gasteiger partial charge in [0.2, 0.25) is 0 Å². The van der Waals surface area contributed by atoms with Crippen LogP contribution in [0.15, 0.2) is 18.2 Å². The van der Waals surface area contributed by atoms with Gasteiger partial charge >= 0.3 is 0 Å². The molecule has 0 fully saturated rings. The molecule has 0 radical (unpaired) electrons. The molecule has 108 valence electrons. The summed E-state index contributed by atoms with van der Waals surface area (Å²) in [5, 5.41) is 4.69. The molecule has 1 rings (SSSR count). The SMILES string of the molecule is CCCCOCCNC(CC)c1ccc(Cl)c(Cl)c1. The summed E-state index contributed by atoms with van der Waals surface area (Å²) in [5.74, 6) is 0. The van der Waals surface area contributed by atoms with E-state index < -0.39 is 0 Å². The summed E-state index contributed by atoms with van der Waals surface area (Å²) in [4.78, 5) is 0. The summed E-state index contributed by atoms with van der Waals surface area (Å²) >= 11 is 12.0. The number of rotatable bonds is 9. The summed E-state index contributed by atoms with van der Waals surface area (Å²) in [6.07, 6.45) is 3.31. The maximum Gasteiger partial charge on any atom is 0.0595 e. The van der Waals surface area contributed by atoms with Gasteiger partial charge in [-0.25, -0.2) is 0 Å². The van der Waals surface area contributed by atoms with Gasteiger partial charge in [0.05, 0.1) is 16.7 Å². The third-order valence-corrected chi connectivity index (χ3v) is 3.77. The van der Waals surface area contributed by atoms with Gasteiger partial charge in [0.1, 0.15) is 0 Å². The average molecular weight is 304 g/mol. The fraction of sp³-hybridized carbons (Fsp3) is 0.600. The molecule has 0 bridgehead atoms. The van der Waals surface area contributed by atoms with E-state index in [1.54, 1.807) is 0 Å². The van der Waals surface area contributed by atoms with Crippen molar-refractivity contribution >= 4 is 23.2 Å². The second kappa shape index (κ2) is 9.60. The van der Waals surface area contributed by atoms with E-state index in [2.05, 4.69) is 19.2 Å². The van der Waals surface area contributed by atoms with Crippen LogP contribution in [0, 0.1) is 0 Å². The molecule has 19 heavy (non-hydrogen) atoms. The fourth-order valence-corrected chi connectivity index (χ4v) is 2.19. The molecule has 0 heterocycles. The molecule has 0 saturated heterocycles. The highest BCUT2D eigenvalue weighted by Gasteiger charge is 2.10. The van der Waals surface area contributed by atoms with Crippen molar-refractivity contribution in [3.8, 4) is 0 Å². The van der Waals surface area contributed by atoms with Crippen LogP contribution >= 0.6 is 23.2 Å². The Labute approximate surface area is 126 Å². The molecule has 2 nitrogen and oxygen atoms in total. The lowest BCUT2D eigenvalue weighted by Gasteiger charge is -2.18. The molecule has 0 spiro atoms. The van der Waals surface area contributed by atoms with Crippen LogP contribution in [-0.4, -0.2) is 19.8 Å². The van der Waals surface area contributed by atoms with E-state index in [9.17, 15) is 0 Å².